The van der Waals surface area contributed by atoms with Crippen molar-refractivity contribution in [3.8, 4) is 5.75 Å². The summed E-state index contributed by atoms with van der Waals surface area (Å²) in [6.07, 6.45) is 10.6. The molecule has 1 N–H and O–H groups in total. The lowest BCUT2D eigenvalue weighted by Gasteiger charge is -2.24. The van der Waals surface area contributed by atoms with Crippen molar-refractivity contribution in [1.29, 1.82) is 0 Å². The molecule has 1 fully saturated rings. The van der Waals surface area contributed by atoms with Crippen LogP contribution in [0.25, 0.3) is 5.65 Å². The number of amides is 1. The van der Waals surface area contributed by atoms with Gasteiger partial charge in [0, 0.05) is 68.4 Å². The molecule has 1 saturated heterocycles. The van der Waals surface area contributed by atoms with Gasteiger partial charge in [-0.2, -0.15) is 5.10 Å². The zero-order valence-electron chi connectivity index (χ0n) is 19.5. The van der Waals surface area contributed by atoms with E-state index < -0.39 is 0 Å². The van der Waals surface area contributed by atoms with Crippen molar-refractivity contribution in [2.75, 3.05) is 23.3 Å². The SMILES string of the molecule is Cn1cncc1C1CCN(c2cc3c(cc2NC(=O)c2cnn4cccnc24)CC(C)(C)O3)C1. The number of aromatic nitrogens is 5. The van der Waals surface area contributed by atoms with Crippen LogP contribution < -0.4 is 15.0 Å². The molecule has 34 heavy (non-hydrogen) atoms. The monoisotopic (exact) mass is 457 g/mol. The van der Waals surface area contributed by atoms with E-state index >= 15 is 0 Å². The summed E-state index contributed by atoms with van der Waals surface area (Å²) in [5.74, 6) is 1.04. The van der Waals surface area contributed by atoms with Crippen LogP contribution in [0.15, 0.2) is 49.3 Å². The van der Waals surface area contributed by atoms with Crippen molar-refractivity contribution in [3.05, 3.63) is 66.1 Å². The largest absolute Gasteiger partial charge is 0.487 e. The van der Waals surface area contributed by atoms with Crippen molar-refractivity contribution in [2.45, 2.75) is 38.2 Å². The van der Waals surface area contributed by atoms with Gasteiger partial charge in [-0.1, -0.05) is 0 Å². The van der Waals surface area contributed by atoms with E-state index in [0.29, 0.717) is 17.1 Å². The third-order valence-corrected chi connectivity index (χ3v) is 6.75. The van der Waals surface area contributed by atoms with E-state index in [4.69, 9.17) is 4.74 Å². The Morgan fingerprint density at radius 1 is 1.26 bits per heavy atom. The van der Waals surface area contributed by atoms with E-state index in [-0.39, 0.29) is 11.5 Å². The first-order chi connectivity index (χ1) is 16.4. The summed E-state index contributed by atoms with van der Waals surface area (Å²) < 4.78 is 9.92. The molecule has 4 aromatic rings. The molecule has 2 aliphatic heterocycles. The maximum absolute atomic E-state index is 13.3. The molecular weight excluding hydrogens is 430 g/mol. The van der Waals surface area contributed by atoms with E-state index in [2.05, 4.69) is 55.8 Å². The lowest BCUT2D eigenvalue weighted by atomic mass is 10.0. The average Bonchev–Trinajstić information content (AvgIpc) is 3.57. The predicted molar refractivity (Wildman–Crippen MR) is 129 cm³/mol. The van der Waals surface area contributed by atoms with Crippen molar-refractivity contribution >= 4 is 22.9 Å². The first-order valence-corrected chi connectivity index (χ1v) is 11.5. The highest BCUT2D eigenvalue weighted by molar-refractivity contribution is 6.09. The van der Waals surface area contributed by atoms with Gasteiger partial charge < -0.3 is 19.5 Å². The summed E-state index contributed by atoms with van der Waals surface area (Å²) in [4.78, 5) is 24.3. The number of ether oxygens (including phenoxy) is 1. The van der Waals surface area contributed by atoms with Crippen molar-refractivity contribution < 1.29 is 9.53 Å². The summed E-state index contributed by atoms with van der Waals surface area (Å²) in [5, 5.41) is 7.41. The number of hydrogen-bond acceptors (Lipinski definition) is 6. The molecule has 0 radical (unpaired) electrons. The number of carbonyl (C=O) groups excluding carboxylic acids is 1. The van der Waals surface area contributed by atoms with Crippen LogP contribution in [0.2, 0.25) is 0 Å². The Hall–Kier alpha value is -3.88. The molecule has 0 bridgehead atoms. The number of rotatable bonds is 4. The summed E-state index contributed by atoms with van der Waals surface area (Å²) in [5.41, 5.74) is 4.79. The Kier molecular flexibility index (Phi) is 4.62. The van der Waals surface area contributed by atoms with E-state index in [0.717, 1.165) is 48.6 Å². The van der Waals surface area contributed by atoms with Crippen LogP contribution in [0, 0.1) is 0 Å². The zero-order chi connectivity index (χ0) is 23.4. The predicted octanol–water partition coefficient (Wildman–Crippen LogP) is 3.42. The van der Waals surface area contributed by atoms with Crippen LogP contribution in [0.3, 0.4) is 0 Å². The van der Waals surface area contributed by atoms with Crippen LogP contribution in [0.4, 0.5) is 11.4 Å². The number of nitrogens with one attached hydrogen (secondary N) is 1. The van der Waals surface area contributed by atoms with Crippen LogP contribution in [0.5, 0.6) is 5.75 Å². The van der Waals surface area contributed by atoms with E-state index in [1.54, 1.807) is 29.2 Å². The highest BCUT2D eigenvalue weighted by Crippen LogP contribution is 2.43. The molecule has 2 aliphatic rings. The van der Waals surface area contributed by atoms with Crippen molar-refractivity contribution in [1.82, 2.24) is 24.1 Å². The van der Waals surface area contributed by atoms with Gasteiger partial charge in [-0.15, -0.1) is 0 Å². The molecule has 9 nitrogen and oxygen atoms in total. The second-order valence-corrected chi connectivity index (χ2v) is 9.78. The van der Waals surface area contributed by atoms with Gasteiger partial charge in [-0.3, -0.25) is 4.79 Å². The maximum atomic E-state index is 13.3. The van der Waals surface area contributed by atoms with Crippen LogP contribution in [-0.2, 0) is 13.5 Å². The normalized spacial score (nSPS) is 18.8. The summed E-state index contributed by atoms with van der Waals surface area (Å²) in [6, 6.07) is 5.93. The number of imidazole rings is 1. The lowest BCUT2D eigenvalue weighted by Crippen LogP contribution is -2.24. The van der Waals surface area contributed by atoms with Gasteiger partial charge in [0.25, 0.3) is 5.91 Å². The second kappa shape index (κ2) is 7.58. The van der Waals surface area contributed by atoms with Crippen molar-refractivity contribution in [3.63, 3.8) is 0 Å². The molecule has 0 aliphatic carbocycles. The van der Waals surface area contributed by atoms with Crippen LogP contribution in [-0.4, -0.2) is 48.7 Å². The number of carbonyl (C=O) groups is 1. The Balaban J connectivity index is 1.35. The number of anilines is 2. The fraction of sp³-hybridized carbons (Fsp3) is 0.360. The molecule has 0 saturated carbocycles. The van der Waals surface area contributed by atoms with E-state index in [1.807, 2.05) is 19.6 Å². The lowest BCUT2D eigenvalue weighted by molar-refractivity contribution is 0.102. The Morgan fingerprint density at radius 3 is 2.97 bits per heavy atom. The van der Waals surface area contributed by atoms with Gasteiger partial charge in [0.1, 0.15) is 16.9 Å². The molecule has 0 spiro atoms. The number of nitrogens with zero attached hydrogens (tertiary/aromatic N) is 6. The van der Waals surface area contributed by atoms with Crippen LogP contribution in [0.1, 0.15) is 47.8 Å². The molecule has 174 valence electrons. The summed E-state index contributed by atoms with van der Waals surface area (Å²) in [6.45, 7) is 5.91. The first kappa shape index (κ1) is 20.7. The number of aryl methyl sites for hydroxylation is 1. The highest BCUT2D eigenvalue weighted by Gasteiger charge is 2.34. The molecular formula is C25H27N7O2. The third kappa shape index (κ3) is 3.48. The van der Waals surface area contributed by atoms with Crippen molar-refractivity contribution in [2.24, 2.45) is 7.05 Å². The van der Waals surface area contributed by atoms with Crippen LogP contribution >= 0.6 is 0 Å². The van der Waals surface area contributed by atoms with Gasteiger partial charge >= 0.3 is 0 Å². The van der Waals surface area contributed by atoms with Gasteiger partial charge in [0.15, 0.2) is 5.65 Å². The Morgan fingerprint density at radius 2 is 2.15 bits per heavy atom. The first-order valence-electron chi connectivity index (χ1n) is 11.5. The molecule has 1 unspecified atom stereocenters. The molecule has 9 heteroatoms. The van der Waals surface area contributed by atoms with Gasteiger partial charge in [-0.05, 0) is 32.4 Å². The van der Waals surface area contributed by atoms with Gasteiger partial charge in [0.05, 0.1) is 23.9 Å². The van der Waals surface area contributed by atoms with Gasteiger partial charge in [0.2, 0.25) is 0 Å². The second-order valence-electron chi connectivity index (χ2n) is 9.78. The van der Waals surface area contributed by atoms with E-state index in [1.165, 1.54) is 5.69 Å². The summed E-state index contributed by atoms with van der Waals surface area (Å²) in [7, 11) is 2.03. The zero-order valence-corrected chi connectivity index (χ0v) is 19.5. The smallest absolute Gasteiger partial charge is 0.261 e. The number of hydrogen-bond donors (Lipinski definition) is 1. The Bertz CT molecular complexity index is 1400. The molecule has 1 aromatic carbocycles. The molecule has 3 aromatic heterocycles. The molecule has 1 atom stereocenters. The minimum atomic E-state index is -0.267. The highest BCUT2D eigenvalue weighted by atomic mass is 16.5. The maximum Gasteiger partial charge on any atom is 0.261 e. The molecule has 5 heterocycles. The van der Waals surface area contributed by atoms with E-state index in [9.17, 15) is 4.79 Å². The Labute approximate surface area is 197 Å². The average molecular weight is 458 g/mol. The number of benzene rings is 1. The topological polar surface area (TPSA) is 89.6 Å². The minimum Gasteiger partial charge on any atom is -0.487 e. The third-order valence-electron chi connectivity index (χ3n) is 6.75. The summed E-state index contributed by atoms with van der Waals surface area (Å²) >= 11 is 0. The molecule has 1 amide bonds. The fourth-order valence-electron chi connectivity index (χ4n) is 5.16. The quantitative estimate of drug-likeness (QED) is 0.505. The van der Waals surface area contributed by atoms with Gasteiger partial charge in [-0.25, -0.2) is 14.5 Å². The standard InChI is InChI=1S/C25H27N7O2/c1-25(2)11-17-9-19(29-24(33)18-12-28-32-7-4-6-27-23(18)32)20(10-22(17)34-25)31-8-5-16(14-31)21-13-26-15-30(21)3/h4,6-7,9-10,12-13,15-16H,5,8,11,14H2,1-3H3,(H,29,33). The minimum absolute atomic E-state index is 0.226. The fourth-order valence-corrected chi connectivity index (χ4v) is 5.16. The molecule has 6 rings (SSSR count). The number of fused-ring (bicyclic) bond motifs is 2.